The summed E-state index contributed by atoms with van der Waals surface area (Å²) in [5, 5.41) is 0. The summed E-state index contributed by atoms with van der Waals surface area (Å²) < 4.78 is 64.8. The standard InChI is InChI=1S/C8H10O6S2.2Na/c1-5-3-6(2)8(16(12,13)14)4-7(5)15(9,10)11;;/h3-4H,1-2H3,(H,9,10,11)(H,12,13,14);;/q;2*+1/p-2. The van der Waals surface area contributed by atoms with Crippen LogP contribution in [0.3, 0.4) is 0 Å². The van der Waals surface area contributed by atoms with Crippen LogP contribution in [-0.2, 0) is 20.2 Å². The fourth-order valence-electron chi connectivity index (χ4n) is 1.35. The van der Waals surface area contributed by atoms with E-state index >= 15 is 0 Å². The summed E-state index contributed by atoms with van der Waals surface area (Å²) in [6.07, 6.45) is 0. The van der Waals surface area contributed by atoms with Gasteiger partial charge in [-0.05, 0) is 31.0 Å². The van der Waals surface area contributed by atoms with E-state index in [0.29, 0.717) is 6.07 Å². The molecular formula is C8H8Na2O6S2. The quantitative estimate of drug-likeness (QED) is 0.397. The average molecular weight is 310 g/mol. The molecule has 1 aromatic rings. The zero-order valence-electron chi connectivity index (χ0n) is 10.4. The van der Waals surface area contributed by atoms with Gasteiger partial charge in [-0.25, -0.2) is 16.8 Å². The molecule has 10 heteroatoms. The molecule has 90 valence electrons. The monoisotopic (exact) mass is 310 g/mol. The van der Waals surface area contributed by atoms with Crippen LogP contribution < -0.4 is 59.1 Å². The summed E-state index contributed by atoms with van der Waals surface area (Å²) in [5.74, 6) is 0. The zero-order valence-corrected chi connectivity index (χ0v) is 16.1. The van der Waals surface area contributed by atoms with Crippen molar-refractivity contribution < 1.29 is 85.1 Å². The first-order valence-electron chi connectivity index (χ1n) is 4.06. The summed E-state index contributed by atoms with van der Waals surface area (Å²) in [5.41, 5.74) is 0.222. The number of hydrogen-bond donors (Lipinski definition) is 0. The molecule has 0 radical (unpaired) electrons. The van der Waals surface area contributed by atoms with Crippen molar-refractivity contribution in [3.05, 3.63) is 23.3 Å². The van der Waals surface area contributed by atoms with E-state index in [0.717, 1.165) is 0 Å². The van der Waals surface area contributed by atoms with Gasteiger partial charge in [0.15, 0.2) is 0 Å². The van der Waals surface area contributed by atoms with Gasteiger partial charge in [-0.3, -0.25) is 0 Å². The van der Waals surface area contributed by atoms with E-state index in [2.05, 4.69) is 0 Å². The fraction of sp³-hybridized carbons (Fsp3) is 0.250. The molecule has 0 spiro atoms. The van der Waals surface area contributed by atoms with Crippen molar-refractivity contribution in [2.24, 2.45) is 0 Å². The topological polar surface area (TPSA) is 114 Å². The first-order chi connectivity index (χ1) is 7.03. The van der Waals surface area contributed by atoms with Gasteiger partial charge < -0.3 is 9.11 Å². The number of aryl methyl sites for hydroxylation is 2. The second-order valence-electron chi connectivity index (χ2n) is 3.29. The van der Waals surface area contributed by atoms with Crippen LogP contribution in [0.1, 0.15) is 11.1 Å². The molecule has 0 amide bonds. The Morgan fingerprint density at radius 3 is 1.28 bits per heavy atom. The van der Waals surface area contributed by atoms with Crippen molar-refractivity contribution in [2.45, 2.75) is 23.6 Å². The molecule has 0 aliphatic heterocycles. The molecule has 0 saturated carbocycles. The fourth-order valence-corrected chi connectivity index (χ4v) is 2.86. The maximum absolute atomic E-state index is 10.8. The van der Waals surface area contributed by atoms with E-state index < -0.39 is 30.0 Å². The predicted molar refractivity (Wildman–Crippen MR) is 51.8 cm³/mol. The summed E-state index contributed by atoms with van der Waals surface area (Å²) in [4.78, 5) is -1.37. The second-order valence-corrected chi connectivity index (χ2v) is 5.99. The molecule has 1 aromatic carbocycles. The Morgan fingerprint density at radius 2 is 1.06 bits per heavy atom. The van der Waals surface area contributed by atoms with Crippen LogP contribution in [0.4, 0.5) is 0 Å². The van der Waals surface area contributed by atoms with Gasteiger partial charge in [-0.2, -0.15) is 0 Å². The smallest absolute Gasteiger partial charge is 0.744 e. The molecule has 0 unspecified atom stereocenters. The Bertz CT molecular complexity index is 583. The number of rotatable bonds is 2. The van der Waals surface area contributed by atoms with Crippen LogP contribution in [-0.4, -0.2) is 25.9 Å². The molecular weight excluding hydrogens is 302 g/mol. The molecule has 0 fully saturated rings. The van der Waals surface area contributed by atoms with E-state index in [-0.39, 0.29) is 70.2 Å². The van der Waals surface area contributed by atoms with Crippen LogP contribution in [0.2, 0.25) is 0 Å². The van der Waals surface area contributed by atoms with Gasteiger partial charge >= 0.3 is 59.1 Å². The van der Waals surface area contributed by atoms with Gasteiger partial charge in [0.05, 0.1) is 9.79 Å². The minimum atomic E-state index is -4.79. The van der Waals surface area contributed by atoms with Gasteiger partial charge in [-0.15, -0.1) is 0 Å². The predicted octanol–water partition coefficient (Wildman–Crippen LogP) is -5.88. The summed E-state index contributed by atoms with van der Waals surface area (Å²) in [7, 11) is -9.57. The third-order valence-corrected chi connectivity index (χ3v) is 3.97. The summed E-state index contributed by atoms with van der Waals surface area (Å²) in [6, 6.07) is 1.78. The van der Waals surface area contributed by atoms with E-state index in [4.69, 9.17) is 0 Å². The van der Waals surface area contributed by atoms with Crippen LogP contribution in [0.15, 0.2) is 21.9 Å². The minimum absolute atomic E-state index is 0. The summed E-state index contributed by atoms with van der Waals surface area (Å²) in [6.45, 7) is 2.69. The van der Waals surface area contributed by atoms with E-state index in [1.807, 2.05) is 0 Å². The van der Waals surface area contributed by atoms with Crippen LogP contribution in [0, 0.1) is 13.8 Å². The van der Waals surface area contributed by atoms with Crippen molar-refractivity contribution in [1.82, 2.24) is 0 Å². The normalized spacial score (nSPS) is 11.3. The Hall–Kier alpha value is 1.04. The van der Waals surface area contributed by atoms with Gasteiger partial charge in [0.25, 0.3) is 0 Å². The van der Waals surface area contributed by atoms with Crippen LogP contribution >= 0.6 is 0 Å². The molecule has 0 aromatic heterocycles. The third kappa shape index (κ3) is 5.20. The van der Waals surface area contributed by atoms with Crippen LogP contribution in [0.5, 0.6) is 0 Å². The second kappa shape index (κ2) is 7.16. The average Bonchev–Trinajstić information content (AvgIpc) is 1.97. The SMILES string of the molecule is Cc1cc(C)c(S(=O)(=O)[O-])cc1S(=O)(=O)[O-].[Na+].[Na+]. The minimum Gasteiger partial charge on any atom is -0.744 e. The van der Waals surface area contributed by atoms with Crippen molar-refractivity contribution in [3.8, 4) is 0 Å². The molecule has 0 aliphatic rings. The Balaban J connectivity index is 0. The van der Waals surface area contributed by atoms with Gasteiger partial charge in [0, 0.05) is 0 Å². The molecule has 0 N–H and O–H groups in total. The Kier molecular flexibility index (Phi) is 8.49. The molecule has 0 saturated heterocycles. The van der Waals surface area contributed by atoms with E-state index in [1.165, 1.54) is 19.9 Å². The Morgan fingerprint density at radius 1 is 0.778 bits per heavy atom. The zero-order chi connectivity index (χ0) is 12.7. The Labute approximate surface area is 150 Å². The van der Waals surface area contributed by atoms with Gasteiger partial charge in [0.2, 0.25) is 0 Å². The largest absolute Gasteiger partial charge is 1.00 e. The third-order valence-electron chi connectivity index (χ3n) is 2.01. The molecule has 6 nitrogen and oxygen atoms in total. The van der Waals surface area contributed by atoms with E-state index in [1.54, 1.807) is 0 Å². The maximum atomic E-state index is 10.8. The van der Waals surface area contributed by atoms with Crippen molar-refractivity contribution in [3.63, 3.8) is 0 Å². The van der Waals surface area contributed by atoms with Crippen molar-refractivity contribution >= 4 is 20.2 Å². The van der Waals surface area contributed by atoms with Crippen molar-refractivity contribution in [1.29, 1.82) is 0 Å². The molecule has 0 aliphatic carbocycles. The van der Waals surface area contributed by atoms with Gasteiger partial charge in [0.1, 0.15) is 20.2 Å². The maximum Gasteiger partial charge on any atom is 1.00 e. The molecule has 18 heavy (non-hydrogen) atoms. The molecule has 0 bridgehead atoms. The first-order valence-corrected chi connectivity index (χ1v) is 6.88. The summed E-state index contributed by atoms with van der Waals surface area (Å²) >= 11 is 0. The van der Waals surface area contributed by atoms with Crippen LogP contribution in [0.25, 0.3) is 0 Å². The van der Waals surface area contributed by atoms with Gasteiger partial charge in [-0.1, -0.05) is 6.07 Å². The molecule has 1 rings (SSSR count). The first kappa shape index (κ1) is 21.3. The van der Waals surface area contributed by atoms with Crippen molar-refractivity contribution in [2.75, 3.05) is 0 Å². The number of hydrogen-bond acceptors (Lipinski definition) is 6. The molecule has 0 atom stereocenters. The molecule has 0 heterocycles. The van der Waals surface area contributed by atoms with E-state index in [9.17, 15) is 25.9 Å². The number of benzene rings is 1.